The molecule has 2 rings (SSSR count). The zero-order valence-corrected chi connectivity index (χ0v) is 9.55. The van der Waals surface area contributed by atoms with Crippen molar-refractivity contribution in [2.24, 2.45) is 11.8 Å². The summed E-state index contributed by atoms with van der Waals surface area (Å²) >= 11 is 0. The topological polar surface area (TPSA) is 24.1 Å². The van der Waals surface area contributed by atoms with Crippen LogP contribution in [0.4, 0.5) is 0 Å². The third-order valence-corrected chi connectivity index (χ3v) is 4.15. The van der Waals surface area contributed by atoms with Crippen LogP contribution in [0.15, 0.2) is 0 Å². The summed E-state index contributed by atoms with van der Waals surface area (Å²) in [4.78, 5) is 0. The highest BCUT2D eigenvalue weighted by atomic mass is 15.0. The van der Waals surface area contributed by atoms with Gasteiger partial charge in [-0.2, -0.15) is 0 Å². The van der Waals surface area contributed by atoms with Gasteiger partial charge in [0.1, 0.15) is 0 Å². The van der Waals surface area contributed by atoms with Crippen molar-refractivity contribution < 1.29 is 0 Å². The lowest BCUT2D eigenvalue weighted by Crippen LogP contribution is -2.52. The lowest BCUT2D eigenvalue weighted by Gasteiger charge is -2.38. The van der Waals surface area contributed by atoms with Gasteiger partial charge in [-0.15, -0.1) is 0 Å². The molecule has 1 saturated heterocycles. The Hall–Kier alpha value is -0.0800. The highest BCUT2D eigenvalue weighted by Crippen LogP contribution is 2.26. The van der Waals surface area contributed by atoms with Gasteiger partial charge in [-0.3, -0.25) is 0 Å². The van der Waals surface area contributed by atoms with Crippen molar-refractivity contribution >= 4 is 0 Å². The summed E-state index contributed by atoms with van der Waals surface area (Å²) in [5, 5.41) is 7.33. The molecule has 0 aromatic carbocycles. The zero-order valence-electron chi connectivity index (χ0n) is 9.55. The third-order valence-electron chi connectivity index (χ3n) is 4.15. The van der Waals surface area contributed by atoms with Crippen LogP contribution >= 0.6 is 0 Å². The van der Waals surface area contributed by atoms with Gasteiger partial charge in [-0.1, -0.05) is 13.8 Å². The van der Waals surface area contributed by atoms with Crippen LogP contribution in [0.1, 0.15) is 39.5 Å². The van der Waals surface area contributed by atoms with Crippen molar-refractivity contribution in [3.05, 3.63) is 0 Å². The van der Waals surface area contributed by atoms with Crippen molar-refractivity contribution in [2.75, 3.05) is 13.1 Å². The second-order valence-corrected chi connectivity index (χ2v) is 5.25. The molecule has 0 amide bonds. The fourth-order valence-corrected chi connectivity index (χ4v) is 2.64. The molecule has 4 unspecified atom stereocenters. The van der Waals surface area contributed by atoms with Crippen LogP contribution in [0.25, 0.3) is 0 Å². The summed E-state index contributed by atoms with van der Waals surface area (Å²) in [7, 11) is 0. The Morgan fingerprint density at radius 1 is 1.14 bits per heavy atom. The maximum absolute atomic E-state index is 3.71. The minimum Gasteiger partial charge on any atom is -0.312 e. The standard InChI is InChI=1S/C12H24N2/c1-9-4-3-7-13-12(9)8-14-11-6-5-10(11)2/h9-14H,3-8H2,1-2H3. The van der Waals surface area contributed by atoms with E-state index < -0.39 is 0 Å². The first kappa shape index (κ1) is 10.4. The van der Waals surface area contributed by atoms with Crippen LogP contribution in [-0.2, 0) is 0 Å². The van der Waals surface area contributed by atoms with Gasteiger partial charge >= 0.3 is 0 Å². The quantitative estimate of drug-likeness (QED) is 0.719. The molecule has 2 fully saturated rings. The maximum Gasteiger partial charge on any atom is 0.0218 e. The van der Waals surface area contributed by atoms with E-state index in [0.29, 0.717) is 0 Å². The lowest BCUT2D eigenvalue weighted by atomic mass is 9.81. The number of hydrogen-bond donors (Lipinski definition) is 2. The average molecular weight is 196 g/mol. The molecule has 1 aliphatic heterocycles. The summed E-state index contributed by atoms with van der Waals surface area (Å²) in [6.07, 6.45) is 5.57. The molecule has 0 radical (unpaired) electrons. The fraction of sp³-hybridized carbons (Fsp3) is 1.00. The summed E-state index contributed by atoms with van der Waals surface area (Å²) < 4.78 is 0. The predicted molar refractivity (Wildman–Crippen MR) is 60.4 cm³/mol. The largest absolute Gasteiger partial charge is 0.312 e. The second-order valence-electron chi connectivity index (χ2n) is 5.25. The van der Waals surface area contributed by atoms with Gasteiger partial charge in [0.15, 0.2) is 0 Å². The number of rotatable bonds is 3. The minimum atomic E-state index is 0.719. The first-order valence-electron chi connectivity index (χ1n) is 6.24. The minimum absolute atomic E-state index is 0.719. The van der Waals surface area contributed by atoms with E-state index in [0.717, 1.165) is 23.9 Å². The summed E-state index contributed by atoms with van der Waals surface area (Å²) in [5.74, 6) is 1.76. The van der Waals surface area contributed by atoms with Gasteiger partial charge in [0.2, 0.25) is 0 Å². The Morgan fingerprint density at radius 2 is 2.00 bits per heavy atom. The van der Waals surface area contributed by atoms with Gasteiger partial charge in [-0.25, -0.2) is 0 Å². The average Bonchev–Trinajstić information content (AvgIpc) is 2.19. The molecular weight excluding hydrogens is 172 g/mol. The molecule has 1 aliphatic carbocycles. The van der Waals surface area contributed by atoms with Crippen LogP contribution in [0.3, 0.4) is 0 Å². The molecule has 2 nitrogen and oxygen atoms in total. The van der Waals surface area contributed by atoms with Gasteiger partial charge in [0, 0.05) is 18.6 Å². The molecule has 0 aromatic rings. The molecule has 0 bridgehead atoms. The van der Waals surface area contributed by atoms with Gasteiger partial charge in [-0.05, 0) is 44.1 Å². The molecule has 2 aliphatic rings. The third kappa shape index (κ3) is 2.29. The van der Waals surface area contributed by atoms with Crippen LogP contribution in [0.5, 0.6) is 0 Å². The van der Waals surface area contributed by atoms with E-state index in [9.17, 15) is 0 Å². The summed E-state index contributed by atoms with van der Waals surface area (Å²) in [5.41, 5.74) is 0. The Bertz CT molecular complexity index is 181. The molecule has 0 spiro atoms. The second kappa shape index (κ2) is 4.63. The Kier molecular flexibility index (Phi) is 3.45. The smallest absolute Gasteiger partial charge is 0.0218 e. The monoisotopic (exact) mass is 196 g/mol. The molecule has 1 heterocycles. The zero-order chi connectivity index (χ0) is 9.97. The van der Waals surface area contributed by atoms with Gasteiger partial charge in [0.25, 0.3) is 0 Å². The van der Waals surface area contributed by atoms with E-state index in [2.05, 4.69) is 24.5 Å². The maximum atomic E-state index is 3.71. The molecule has 14 heavy (non-hydrogen) atoms. The van der Waals surface area contributed by atoms with Crippen LogP contribution in [-0.4, -0.2) is 25.2 Å². The van der Waals surface area contributed by atoms with E-state index in [4.69, 9.17) is 0 Å². The van der Waals surface area contributed by atoms with Crippen molar-refractivity contribution in [3.8, 4) is 0 Å². The number of piperidine rings is 1. The van der Waals surface area contributed by atoms with E-state index >= 15 is 0 Å². The summed E-state index contributed by atoms with van der Waals surface area (Å²) in [6, 6.07) is 1.53. The van der Waals surface area contributed by atoms with E-state index in [1.54, 1.807) is 0 Å². The fourth-order valence-electron chi connectivity index (χ4n) is 2.64. The normalized spacial score (nSPS) is 43.3. The molecule has 82 valence electrons. The SMILES string of the molecule is CC1CCC1NCC1NCCCC1C. The van der Waals surface area contributed by atoms with Crippen molar-refractivity contribution in [1.82, 2.24) is 10.6 Å². The van der Waals surface area contributed by atoms with E-state index in [-0.39, 0.29) is 0 Å². The number of nitrogens with one attached hydrogen (secondary N) is 2. The van der Waals surface area contributed by atoms with Crippen LogP contribution in [0, 0.1) is 11.8 Å². The van der Waals surface area contributed by atoms with Crippen molar-refractivity contribution in [3.63, 3.8) is 0 Å². The van der Waals surface area contributed by atoms with E-state index in [1.807, 2.05) is 0 Å². The highest BCUT2D eigenvalue weighted by molar-refractivity contribution is 4.87. The van der Waals surface area contributed by atoms with Crippen molar-refractivity contribution in [1.29, 1.82) is 0 Å². The molecular formula is C12H24N2. The highest BCUT2D eigenvalue weighted by Gasteiger charge is 2.28. The van der Waals surface area contributed by atoms with Crippen molar-refractivity contribution in [2.45, 2.75) is 51.6 Å². The molecule has 0 aromatic heterocycles. The molecule has 1 saturated carbocycles. The molecule has 4 atom stereocenters. The molecule has 2 heteroatoms. The first-order chi connectivity index (χ1) is 6.77. The van der Waals surface area contributed by atoms with Crippen LogP contribution < -0.4 is 10.6 Å². The Morgan fingerprint density at radius 3 is 2.57 bits per heavy atom. The summed E-state index contributed by atoms with van der Waals surface area (Å²) in [6.45, 7) is 7.13. The van der Waals surface area contributed by atoms with Gasteiger partial charge in [0.05, 0.1) is 0 Å². The molecule has 2 N–H and O–H groups in total. The van der Waals surface area contributed by atoms with Gasteiger partial charge < -0.3 is 10.6 Å². The lowest BCUT2D eigenvalue weighted by molar-refractivity contribution is 0.204. The Balaban J connectivity index is 1.68. The predicted octanol–water partition coefficient (Wildman–Crippen LogP) is 1.76. The van der Waals surface area contributed by atoms with Crippen LogP contribution in [0.2, 0.25) is 0 Å². The Labute approximate surface area is 87.8 Å². The van der Waals surface area contributed by atoms with E-state index in [1.165, 1.54) is 38.8 Å². The first-order valence-corrected chi connectivity index (χ1v) is 6.24. The number of hydrogen-bond acceptors (Lipinski definition) is 2.